The summed E-state index contributed by atoms with van der Waals surface area (Å²) in [6.45, 7) is 1.62. The summed E-state index contributed by atoms with van der Waals surface area (Å²) in [6, 6.07) is 15.1. The lowest BCUT2D eigenvalue weighted by molar-refractivity contribution is 0.0992. The summed E-state index contributed by atoms with van der Waals surface area (Å²) in [5, 5.41) is 8.15. The van der Waals surface area contributed by atoms with Crippen molar-refractivity contribution in [3.63, 3.8) is 0 Å². The van der Waals surface area contributed by atoms with Crippen molar-refractivity contribution in [2.24, 2.45) is 14.1 Å². The number of benzene rings is 2. The van der Waals surface area contributed by atoms with E-state index in [-0.39, 0.29) is 17.2 Å². The maximum Gasteiger partial charge on any atom is 0.332 e. The van der Waals surface area contributed by atoms with Gasteiger partial charge in [0.1, 0.15) is 17.2 Å². The van der Waals surface area contributed by atoms with Gasteiger partial charge in [0.2, 0.25) is 0 Å². The van der Waals surface area contributed by atoms with Crippen LogP contribution in [0, 0.1) is 5.82 Å². The molecule has 0 aliphatic heterocycles. The Balaban J connectivity index is 1.77. The van der Waals surface area contributed by atoms with Gasteiger partial charge >= 0.3 is 5.69 Å². The average Bonchev–Trinajstić information content (AvgIpc) is 3.25. The normalized spacial score (nSPS) is 12.0. The van der Waals surface area contributed by atoms with Gasteiger partial charge in [-0.1, -0.05) is 30.0 Å². The highest BCUT2D eigenvalue weighted by molar-refractivity contribution is 8.00. The first-order chi connectivity index (χ1) is 16.2. The molecule has 1 unspecified atom stereocenters. The number of hydrogen-bond donors (Lipinski definition) is 1. The molecule has 11 heteroatoms. The lowest BCUT2D eigenvalue weighted by Gasteiger charge is -2.15. The van der Waals surface area contributed by atoms with Crippen molar-refractivity contribution in [3.05, 3.63) is 86.8 Å². The lowest BCUT2D eigenvalue weighted by atomic mass is 10.1. The summed E-state index contributed by atoms with van der Waals surface area (Å²) in [5.74, 6) is -0.641. The SMILES string of the molecule is CC(Sc1nnc(-c2ccc(F)cc2)n1-c1ccccc1)C(=O)c1c(N)n(C)c(=O)n(C)c1=O. The Kier molecular flexibility index (Phi) is 6.20. The highest BCUT2D eigenvalue weighted by Gasteiger charge is 2.28. The molecule has 0 aliphatic carbocycles. The minimum atomic E-state index is -0.778. The monoisotopic (exact) mass is 480 g/mol. The number of ketones is 1. The number of aromatic nitrogens is 5. The molecule has 4 rings (SSSR count). The third-order valence-corrected chi connectivity index (χ3v) is 6.40. The number of halogens is 1. The number of anilines is 1. The van der Waals surface area contributed by atoms with Crippen LogP contribution >= 0.6 is 11.8 Å². The van der Waals surface area contributed by atoms with Gasteiger partial charge < -0.3 is 5.73 Å². The number of hydrogen-bond acceptors (Lipinski definition) is 7. The zero-order valence-corrected chi connectivity index (χ0v) is 19.4. The average molecular weight is 481 g/mol. The maximum absolute atomic E-state index is 13.5. The number of rotatable bonds is 6. The Morgan fingerprint density at radius 3 is 2.29 bits per heavy atom. The van der Waals surface area contributed by atoms with E-state index in [1.165, 1.54) is 26.2 Å². The van der Waals surface area contributed by atoms with Gasteiger partial charge in [-0.15, -0.1) is 10.2 Å². The zero-order chi connectivity index (χ0) is 24.6. The summed E-state index contributed by atoms with van der Waals surface area (Å²) in [7, 11) is 2.69. The molecule has 0 aliphatic rings. The van der Waals surface area contributed by atoms with Crippen LogP contribution in [0.5, 0.6) is 0 Å². The first kappa shape index (κ1) is 23.2. The van der Waals surface area contributed by atoms with Gasteiger partial charge in [0.25, 0.3) is 5.56 Å². The number of Topliss-reactive ketones (excluding diaryl/α,β-unsaturated/α-hetero) is 1. The van der Waals surface area contributed by atoms with Crippen LogP contribution in [0.3, 0.4) is 0 Å². The number of nitrogen functional groups attached to an aromatic ring is 1. The number of carbonyl (C=O) groups excluding carboxylic acids is 1. The van der Waals surface area contributed by atoms with E-state index in [9.17, 15) is 18.8 Å². The van der Waals surface area contributed by atoms with Gasteiger partial charge in [0, 0.05) is 25.3 Å². The van der Waals surface area contributed by atoms with Crippen molar-refractivity contribution in [2.75, 3.05) is 5.73 Å². The van der Waals surface area contributed by atoms with E-state index >= 15 is 0 Å². The zero-order valence-electron chi connectivity index (χ0n) is 18.6. The topological polar surface area (TPSA) is 118 Å². The quantitative estimate of drug-likeness (QED) is 0.333. The van der Waals surface area contributed by atoms with Crippen LogP contribution in [0.4, 0.5) is 10.2 Å². The molecule has 174 valence electrons. The fourth-order valence-corrected chi connectivity index (χ4v) is 4.37. The van der Waals surface area contributed by atoms with E-state index in [0.29, 0.717) is 16.5 Å². The van der Waals surface area contributed by atoms with Gasteiger partial charge in [-0.2, -0.15) is 0 Å². The Morgan fingerprint density at radius 2 is 1.65 bits per heavy atom. The maximum atomic E-state index is 13.5. The summed E-state index contributed by atoms with van der Waals surface area (Å²) < 4.78 is 17.1. The van der Waals surface area contributed by atoms with Crippen LogP contribution in [-0.2, 0) is 14.1 Å². The minimum absolute atomic E-state index is 0.193. The van der Waals surface area contributed by atoms with Crippen LogP contribution in [0.1, 0.15) is 17.3 Å². The molecule has 34 heavy (non-hydrogen) atoms. The van der Waals surface area contributed by atoms with E-state index in [1.807, 2.05) is 30.3 Å². The predicted octanol–water partition coefficient (Wildman–Crippen LogP) is 2.42. The second-order valence-electron chi connectivity index (χ2n) is 7.57. The summed E-state index contributed by atoms with van der Waals surface area (Å²) in [6.07, 6.45) is 0. The van der Waals surface area contributed by atoms with Crippen LogP contribution in [-0.4, -0.2) is 34.9 Å². The molecule has 2 aromatic heterocycles. The van der Waals surface area contributed by atoms with E-state index in [4.69, 9.17) is 5.73 Å². The standard InChI is InChI=1S/C23H21FN6O3S/c1-13(18(31)17-19(25)28(2)23(33)29(3)21(17)32)34-22-27-26-20(14-9-11-15(24)12-10-14)30(22)16-7-5-4-6-8-16/h4-13H,25H2,1-3H3. The molecule has 2 N–H and O–H groups in total. The first-order valence-electron chi connectivity index (χ1n) is 10.2. The van der Waals surface area contributed by atoms with Crippen molar-refractivity contribution in [2.45, 2.75) is 17.3 Å². The van der Waals surface area contributed by atoms with Crippen molar-refractivity contribution in [3.8, 4) is 17.1 Å². The molecule has 0 saturated carbocycles. The van der Waals surface area contributed by atoms with Crippen molar-refractivity contribution < 1.29 is 9.18 Å². The van der Waals surface area contributed by atoms with E-state index in [2.05, 4.69) is 10.2 Å². The Hall–Kier alpha value is -3.99. The van der Waals surface area contributed by atoms with Crippen molar-refractivity contribution in [1.29, 1.82) is 0 Å². The highest BCUT2D eigenvalue weighted by atomic mass is 32.2. The van der Waals surface area contributed by atoms with Crippen LogP contribution in [0.15, 0.2) is 69.3 Å². The van der Waals surface area contributed by atoms with Crippen molar-refractivity contribution in [1.82, 2.24) is 23.9 Å². The fraction of sp³-hybridized carbons (Fsp3) is 0.174. The molecule has 4 aromatic rings. The first-order valence-corrected chi connectivity index (χ1v) is 11.1. The molecule has 0 bridgehead atoms. The van der Waals surface area contributed by atoms with E-state index in [1.54, 1.807) is 23.6 Å². The predicted molar refractivity (Wildman–Crippen MR) is 128 cm³/mol. The van der Waals surface area contributed by atoms with E-state index in [0.717, 1.165) is 26.6 Å². The van der Waals surface area contributed by atoms with Crippen molar-refractivity contribution >= 4 is 23.4 Å². The van der Waals surface area contributed by atoms with E-state index < -0.39 is 22.3 Å². The molecule has 0 radical (unpaired) electrons. The number of nitrogens with zero attached hydrogens (tertiary/aromatic N) is 5. The molecule has 2 aromatic carbocycles. The molecule has 2 heterocycles. The molecule has 9 nitrogen and oxygen atoms in total. The molecule has 0 fully saturated rings. The Labute approximate surface area is 197 Å². The summed E-state index contributed by atoms with van der Waals surface area (Å²) in [4.78, 5) is 38.0. The van der Waals surface area contributed by atoms with Gasteiger partial charge in [0.15, 0.2) is 16.8 Å². The third kappa shape index (κ3) is 4.05. The van der Waals surface area contributed by atoms with Gasteiger partial charge in [-0.05, 0) is 43.3 Å². The second kappa shape index (κ2) is 9.10. The molecular weight excluding hydrogens is 459 g/mol. The Morgan fingerprint density at radius 1 is 1.00 bits per heavy atom. The van der Waals surface area contributed by atoms with Gasteiger partial charge in [-0.25, -0.2) is 9.18 Å². The van der Waals surface area contributed by atoms with Crippen LogP contribution in [0.25, 0.3) is 17.1 Å². The molecule has 0 saturated heterocycles. The fourth-order valence-electron chi connectivity index (χ4n) is 3.45. The second-order valence-corrected chi connectivity index (χ2v) is 8.88. The lowest BCUT2D eigenvalue weighted by Crippen LogP contribution is -2.42. The molecule has 0 spiro atoms. The summed E-state index contributed by atoms with van der Waals surface area (Å²) >= 11 is 1.09. The number of thioether (sulfide) groups is 1. The van der Waals surface area contributed by atoms with Crippen LogP contribution < -0.4 is 17.0 Å². The molecule has 1 atom stereocenters. The molecule has 0 amide bonds. The number of nitrogens with two attached hydrogens (primary N) is 1. The number of para-hydroxylation sites is 1. The highest BCUT2D eigenvalue weighted by Crippen LogP contribution is 2.31. The number of carbonyl (C=O) groups is 1. The van der Waals surface area contributed by atoms with Gasteiger partial charge in [0.05, 0.1) is 5.25 Å². The van der Waals surface area contributed by atoms with Gasteiger partial charge in [-0.3, -0.25) is 23.3 Å². The van der Waals surface area contributed by atoms with Crippen LogP contribution in [0.2, 0.25) is 0 Å². The summed E-state index contributed by atoms with van der Waals surface area (Å²) in [5.41, 5.74) is 5.71. The minimum Gasteiger partial charge on any atom is -0.384 e. The largest absolute Gasteiger partial charge is 0.384 e. The molecular formula is C23H21FN6O3S. The Bertz CT molecular complexity index is 1490. The smallest absolute Gasteiger partial charge is 0.332 e. The third-order valence-electron chi connectivity index (χ3n) is 5.36.